The van der Waals surface area contributed by atoms with Gasteiger partial charge in [-0.25, -0.2) is 4.98 Å². The molecular weight excluding hydrogens is 326 g/mol. The van der Waals surface area contributed by atoms with Gasteiger partial charge >= 0.3 is 0 Å². The summed E-state index contributed by atoms with van der Waals surface area (Å²) in [5, 5.41) is 8.15. The Morgan fingerprint density at radius 1 is 1.26 bits per heavy atom. The Kier molecular flexibility index (Phi) is 6.19. The molecule has 0 bridgehead atoms. The first-order valence-corrected chi connectivity index (χ1v) is 10.0. The number of aromatic nitrogens is 1. The minimum absolute atomic E-state index is 0.103. The van der Waals surface area contributed by atoms with Crippen LogP contribution >= 0.6 is 22.7 Å². The predicted molar refractivity (Wildman–Crippen MR) is 95.7 cm³/mol. The SMILES string of the molecule is O=C(CCc1cccs1)NCc1nc(CN2CCCCC2)cs1. The summed E-state index contributed by atoms with van der Waals surface area (Å²) < 4.78 is 0. The number of nitrogens with zero attached hydrogens (tertiary/aromatic N) is 2. The molecular formula is C17H23N3OS2. The molecule has 1 aliphatic heterocycles. The number of thiophene rings is 1. The molecule has 2 aromatic rings. The van der Waals surface area contributed by atoms with Gasteiger partial charge in [-0.15, -0.1) is 22.7 Å². The third-order valence-electron chi connectivity index (χ3n) is 4.05. The molecule has 124 valence electrons. The number of nitrogens with one attached hydrogen (secondary N) is 1. The number of hydrogen-bond donors (Lipinski definition) is 1. The molecule has 0 unspecified atom stereocenters. The van der Waals surface area contributed by atoms with E-state index in [0.29, 0.717) is 13.0 Å². The van der Waals surface area contributed by atoms with Gasteiger partial charge in [0.05, 0.1) is 12.2 Å². The minimum atomic E-state index is 0.103. The molecule has 2 aromatic heterocycles. The molecule has 6 heteroatoms. The molecule has 4 nitrogen and oxygen atoms in total. The zero-order valence-corrected chi connectivity index (χ0v) is 14.9. The summed E-state index contributed by atoms with van der Waals surface area (Å²) in [5.41, 5.74) is 1.14. The van der Waals surface area contributed by atoms with Crippen LogP contribution < -0.4 is 5.32 Å². The first-order valence-electron chi connectivity index (χ1n) is 8.24. The van der Waals surface area contributed by atoms with Crippen molar-refractivity contribution in [3.8, 4) is 0 Å². The molecule has 1 saturated heterocycles. The molecule has 1 aliphatic rings. The second-order valence-electron chi connectivity index (χ2n) is 5.93. The van der Waals surface area contributed by atoms with Gasteiger partial charge in [0.1, 0.15) is 5.01 Å². The van der Waals surface area contributed by atoms with E-state index in [1.165, 1.54) is 37.2 Å². The van der Waals surface area contributed by atoms with Crippen LogP contribution in [0.5, 0.6) is 0 Å². The highest BCUT2D eigenvalue weighted by Gasteiger charge is 2.12. The average molecular weight is 350 g/mol. The summed E-state index contributed by atoms with van der Waals surface area (Å²) in [6.45, 7) is 3.87. The largest absolute Gasteiger partial charge is 0.350 e. The van der Waals surface area contributed by atoms with E-state index in [1.807, 2.05) is 11.4 Å². The highest BCUT2D eigenvalue weighted by molar-refractivity contribution is 7.10. The molecule has 0 atom stereocenters. The fourth-order valence-corrected chi connectivity index (χ4v) is 4.24. The lowest BCUT2D eigenvalue weighted by Gasteiger charge is -2.25. The van der Waals surface area contributed by atoms with E-state index in [2.05, 4.69) is 26.6 Å². The summed E-state index contributed by atoms with van der Waals surface area (Å²) in [6.07, 6.45) is 5.33. The van der Waals surface area contributed by atoms with Crippen LogP contribution in [0.2, 0.25) is 0 Å². The van der Waals surface area contributed by atoms with Crippen LogP contribution in [0.25, 0.3) is 0 Å². The Morgan fingerprint density at radius 3 is 2.91 bits per heavy atom. The van der Waals surface area contributed by atoms with Gasteiger partial charge in [-0.1, -0.05) is 12.5 Å². The van der Waals surface area contributed by atoms with Gasteiger partial charge in [0.2, 0.25) is 5.91 Å². The van der Waals surface area contributed by atoms with Gasteiger partial charge in [0.15, 0.2) is 0 Å². The Labute approximate surface area is 145 Å². The van der Waals surface area contributed by atoms with Gasteiger partial charge in [-0.05, 0) is 43.8 Å². The predicted octanol–water partition coefficient (Wildman–Crippen LogP) is 3.44. The number of rotatable bonds is 7. The number of aryl methyl sites for hydroxylation is 1. The number of likely N-dealkylation sites (tertiary alicyclic amines) is 1. The molecule has 0 saturated carbocycles. The van der Waals surface area contributed by atoms with Crippen molar-refractivity contribution in [2.45, 2.75) is 45.2 Å². The maximum absolute atomic E-state index is 11.9. The van der Waals surface area contributed by atoms with Crippen molar-refractivity contribution in [1.82, 2.24) is 15.2 Å². The lowest BCUT2D eigenvalue weighted by molar-refractivity contribution is -0.121. The molecule has 0 aromatic carbocycles. The van der Waals surface area contributed by atoms with Crippen molar-refractivity contribution >= 4 is 28.6 Å². The van der Waals surface area contributed by atoms with Crippen LogP contribution in [0.15, 0.2) is 22.9 Å². The molecule has 0 radical (unpaired) electrons. The van der Waals surface area contributed by atoms with Gasteiger partial charge in [0, 0.05) is 23.2 Å². The van der Waals surface area contributed by atoms with E-state index in [4.69, 9.17) is 0 Å². The zero-order valence-electron chi connectivity index (χ0n) is 13.3. The molecule has 3 heterocycles. The number of amides is 1. The minimum Gasteiger partial charge on any atom is -0.350 e. The quantitative estimate of drug-likeness (QED) is 0.833. The fourth-order valence-electron chi connectivity index (χ4n) is 2.80. The van der Waals surface area contributed by atoms with E-state index >= 15 is 0 Å². The van der Waals surface area contributed by atoms with Crippen LogP contribution in [-0.4, -0.2) is 28.9 Å². The number of thiazole rings is 1. The lowest BCUT2D eigenvalue weighted by atomic mass is 10.1. The van der Waals surface area contributed by atoms with Crippen LogP contribution in [0.1, 0.15) is 41.3 Å². The second kappa shape index (κ2) is 8.57. The van der Waals surface area contributed by atoms with Crippen molar-refractivity contribution in [3.05, 3.63) is 38.5 Å². The summed E-state index contributed by atoms with van der Waals surface area (Å²) in [5.74, 6) is 0.103. The Balaban J connectivity index is 1.39. The highest BCUT2D eigenvalue weighted by Crippen LogP contribution is 2.16. The molecule has 3 rings (SSSR count). The molecule has 1 N–H and O–H groups in total. The van der Waals surface area contributed by atoms with Gasteiger partial charge < -0.3 is 5.32 Å². The normalized spacial score (nSPS) is 15.7. The van der Waals surface area contributed by atoms with Crippen molar-refractivity contribution < 1.29 is 4.79 Å². The van der Waals surface area contributed by atoms with Crippen molar-refractivity contribution in [2.24, 2.45) is 0 Å². The Bertz CT molecular complexity index is 603. The maximum Gasteiger partial charge on any atom is 0.220 e. The van der Waals surface area contributed by atoms with Crippen molar-refractivity contribution in [2.75, 3.05) is 13.1 Å². The van der Waals surface area contributed by atoms with Gasteiger partial charge in [-0.2, -0.15) is 0 Å². The van der Waals surface area contributed by atoms with Crippen molar-refractivity contribution in [3.63, 3.8) is 0 Å². The molecule has 0 spiro atoms. The van der Waals surface area contributed by atoms with Crippen LogP contribution in [0, 0.1) is 0 Å². The average Bonchev–Trinajstić information content (AvgIpc) is 3.24. The smallest absolute Gasteiger partial charge is 0.220 e. The van der Waals surface area contributed by atoms with Crippen molar-refractivity contribution in [1.29, 1.82) is 0 Å². The number of carbonyl (C=O) groups excluding carboxylic acids is 1. The van der Waals surface area contributed by atoms with E-state index in [9.17, 15) is 4.79 Å². The monoisotopic (exact) mass is 349 g/mol. The number of piperidine rings is 1. The standard InChI is InChI=1S/C17H23N3OS2/c21-16(7-6-15-5-4-10-22-15)18-11-17-19-14(13-23-17)12-20-8-2-1-3-9-20/h4-5,10,13H,1-3,6-9,11-12H2,(H,18,21). The number of hydrogen-bond acceptors (Lipinski definition) is 5. The first-order chi connectivity index (χ1) is 11.3. The van der Waals surface area contributed by atoms with E-state index < -0.39 is 0 Å². The summed E-state index contributed by atoms with van der Waals surface area (Å²) in [7, 11) is 0. The van der Waals surface area contributed by atoms with Gasteiger partial charge in [-0.3, -0.25) is 9.69 Å². The fraction of sp³-hybridized carbons (Fsp3) is 0.529. The van der Waals surface area contributed by atoms with E-state index in [0.717, 1.165) is 23.7 Å². The zero-order chi connectivity index (χ0) is 15.9. The summed E-state index contributed by atoms with van der Waals surface area (Å²) >= 11 is 3.35. The maximum atomic E-state index is 11.9. The van der Waals surface area contributed by atoms with E-state index in [1.54, 1.807) is 22.7 Å². The van der Waals surface area contributed by atoms with Crippen LogP contribution in [0.3, 0.4) is 0 Å². The summed E-state index contributed by atoms with van der Waals surface area (Å²) in [4.78, 5) is 20.3. The topological polar surface area (TPSA) is 45.2 Å². The molecule has 1 amide bonds. The van der Waals surface area contributed by atoms with E-state index in [-0.39, 0.29) is 5.91 Å². The van der Waals surface area contributed by atoms with Gasteiger partial charge in [0.25, 0.3) is 0 Å². The van der Waals surface area contributed by atoms with Crippen LogP contribution in [-0.2, 0) is 24.3 Å². The Morgan fingerprint density at radius 2 is 2.13 bits per heavy atom. The van der Waals surface area contributed by atoms with Crippen LogP contribution in [0.4, 0.5) is 0 Å². The first kappa shape index (κ1) is 16.6. The third-order valence-corrected chi connectivity index (χ3v) is 5.88. The third kappa shape index (κ3) is 5.41. The Hall–Kier alpha value is -1.24. The number of carbonyl (C=O) groups is 1. The molecule has 1 fully saturated rings. The second-order valence-corrected chi connectivity index (χ2v) is 7.90. The highest BCUT2D eigenvalue weighted by atomic mass is 32.1. The molecule has 0 aliphatic carbocycles. The lowest BCUT2D eigenvalue weighted by Crippen LogP contribution is -2.29. The summed E-state index contributed by atoms with van der Waals surface area (Å²) in [6, 6.07) is 4.10. The molecule has 23 heavy (non-hydrogen) atoms.